The molecule has 0 heterocycles. The van der Waals surface area contributed by atoms with E-state index in [-0.39, 0.29) is 5.75 Å². The van der Waals surface area contributed by atoms with Crippen molar-refractivity contribution in [2.75, 3.05) is 0 Å². The average Bonchev–Trinajstić information content (AvgIpc) is 1.85. The lowest BCUT2D eigenvalue weighted by Crippen LogP contribution is -1.81. The van der Waals surface area contributed by atoms with E-state index in [1.54, 1.807) is 0 Å². The molecule has 0 aliphatic heterocycles. The van der Waals surface area contributed by atoms with Crippen molar-refractivity contribution in [2.45, 2.75) is 5.33 Å². The molecule has 0 aliphatic carbocycles. The van der Waals surface area contributed by atoms with Crippen molar-refractivity contribution in [1.29, 1.82) is 0 Å². The third kappa shape index (κ3) is 2.01. The zero-order valence-corrected chi connectivity index (χ0v) is 8.54. The van der Waals surface area contributed by atoms with Gasteiger partial charge in [-0.1, -0.05) is 39.1 Å². The van der Waals surface area contributed by atoms with Crippen LogP contribution in [0, 0.1) is 0 Å². The van der Waals surface area contributed by atoms with Gasteiger partial charge in [0.2, 0.25) is 0 Å². The molecule has 60 valence electrons. The van der Waals surface area contributed by atoms with E-state index in [0.717, 1.165) is 5.56 Å². The number of alkyl halides is 1. The summed E-state index contributed by atoms with van der Waals surface area (Å²) in [4.78, 5) is 0. The van der Waals surface area contributed by atoms with E-state index >= 15 is 0 Å². The van der Waals surface area contributed by atoms with Crippen LogP contribution in [0.1, 0.15) is 5.56 Å². The first-order valence-corrected chi connectivity index (χ1v) is 4.75. The van der Waals surface area contributed by atoms with E-state index < -0.39 is 0 Å². The normalized spacial score (nSPS) is 10.1. The molecule has 0 atom stereocenters. The van der Waals surface area contributed by atoms with Gasteiger partial charge >= 0.3 is 0 Å². The number of phenols is 1. The van der Waals surface area contributed by atoms with Gasteiger partial charge in [0.25, 0.3) is 0 Å². The quantitative estimate of drug-likeness (QED) is 0.761. The van der Waals surface area contributed by atoms with Crippen LogP contribution in [0.25, 0.3) is 0 Å². The summed E-state index contributed by atoms with van der Waals surface area (Å²) in [6.07, 6.45) is 0. The van der Waals surface area contributed by atoms with Crippen LogP contribution in [0.2, 0.25) is 10.0 Å². The Hall–Kier alpha value is 0.0800. The number of rotatable bonds is 1. The highest BCUT2D eigenvalue weighted by molar-refractivity contribution is 9.08. The third-order valence-corrected chi connectivity index (χ3v) is 2.49. The molecule has 0 fully saturated rings. The monoisotopic (exact) mass is 254 g/mol. The highest BCUT2D eigenvalue weighted by Crippen LogP contribution is 2.30. The molecule has 0 radical (unpaired) electrons. The lowest BCUT2D eigenvalue weighted by molar-refractivity contribution is 0.475. The molecule has 0 bridgehead atoms. The summed E-state index contributed by atoms with van der Waals surface area (Å²) in [6, 6.07) is 2.92. The summed E-state index contributed by atoms with van der Waals surface area (Å²) in [5.41, 5.74) is 0.797. The van der Waals surface area contributed by atoms with E-state index in [1.807, 2.05) is 0 Å². The second kappa shape index (κ2) is 3.65. The topological polar surface area (TPSA) is 20.2 Å². The molecule has 0 amide bonds. The lowest BCUT2D eigenvalue weighted by atomic mass is 10.2. The van der Waals surface area contributed by atoms with E-state index in [9.17, 15) is 0 Å². The fraction of sp³-hybridized carbons (Fsp3) is 0.143. The van der Waals surface area contributed by atoms with Crippen LogP contribution in [-0.2, 0) is 5.33 Å². The highest BCUT2D eigenvalue weighted by atomic mass is 79.9. The molecule has 0 unspecified atom stereocenters. The van der Waals surface area contributed by atoms with Crippen molar-refractivity contribution in [3.8, 4) is 5.75 Å². The smallest absolute Gasteiger partial charge is 0.118 e. The van der Waals surface area contributed by atoms with Crippen molar-refractivity contribution >= 4 is 39.1 Å². The average molecular weight is 256 g/mol. The summed E-state index contributed by atoms with van der Waals surface area (Å²) in [5, 5.41) is 10.6. The molecule has 1 aromatic rings. The number of benzene rings is 1. The van der Waals surface area contributed by atoms with Crippen molar-refractivity contribution < 1.29 is 5.11 Å². The van der Waals surface area contributed by atoms with E-state index in [4.69, 9.17) is 28.3 Å². The predicted molar refractivity (Wildman–Crippen MR) is 50.8 cm³/mol. The number of phenolic OH excluding ortho intramolecular Hbond substituents is 1. The van der Waals surface area contributed by atoms with Crippen LogP contribution in [0.4, 0.5) is 0 Å². The largest absolute Gasteiger partial charge is 0.508 e. The minimum atomic E-state index is 0.0877. The van der Waals surface area contributed by atoms with Gasteiger partial charge in [-0.05, 0) is 12.1 Å². The molecule has 1 nitrogen and oxygen atoms in total. The first-order chi connectivity index (χ1) is 5.15. The number of hydrogen-bond donors (Lipinski definition) is 1. The van der Waals surface area contributed by atoms with Crippen LogP contribution >= 0.6 is 39.1 Å². The Bertz CT molecular complexity index is 252. The first kappa shape index (κ1) is 9.17. The van der Waals surface area contributed by atoms with Crippen LogP contribution in [0.3, 0.4) is 0 Å². The second-order valence-corrected chi connectivity index (χ2v) is 3.40. The highest BCUT2D eigenvalue weighted by Gasteiger charge is 2.05. The standard InChI is InChI=1S/C7H5BrCl2O/c8-3-5-6(9)1-4(11)2-7(5)10/h1-2,11H,3H2. The minimum Gasteiger partial charge on any atom is -0.508 e. The fourth-order valence-corrected chi connectivity index (χ4v) is 2.25. The van der Waals surface area contributed by atoms with Gasteiger partial charge in [-0.15, -0.1) is 0 Å². The molecule has 0 aromatic heterocycles. The van der Waals surface area contributed by atoms with Crippen LogP contribution in [0.15, 0.2) is 12.1 Å². The van der Waals surface area contributed by atoms with E-state index in [2.05, 4.69) is 15.9 Å². The first-order valence-electron chi connectivity index (χ1n) is 2.88. The maximum absolute atomic E-state index is 9.03. The number of hydrogen-bond acceptors (Lipinski definition) is 1. The van der Waals surface area contributed by atoms with Gasteiger partial charge in [-0.2, -0.15) is 0 Å². The van der Waals surface area contributed by atoms with Gasteiger partial charge in [0.05, 0.1) is 0 Å². The molecule has 1 rings (SSSR count). The Morgan fingerprint density at radius 2 is 1.73 bits per heavy atom. The van der Waals surface area contributed by atoms with E-state index in [1.165, 1.54) is 12.1 Å². The van der Waals surface area contributed by atoms with Gasteiger partial charge in [0.15, 0.2) is 0 Å². The van der Waals surface area contributed by atoms with Crippen molar-refractivity contribution in [3.05, 3.63) is 27.7 Å². The minimum absolute atomic E-state index is 0.0877. The van der Waals surface area contributed by atoms with Crippen molar-refractivity contribution in [2.24, 2.45) is 0 Å². The Morgan fingerprint density at radius 3 is 2.09 bits per heavy atom. The Morgan fingerprint density at radius 1 is 1.27 bits per heavy atom. The zero-order valence-electron chi connectivity index (χ0n) is 5.44. The maximum Gasteiger partial charge on any atom is 0.118 e. The van der Waals surface area contributed by atoms with E-state index in [0.29, 0.717) is 15.4 Å². The molecule has 0 saturated carbocycles. The van der Waals surface area contributed by atoms with Gasteiger partial charge in [-0.25, -0.2) is 0 Å². The van der Waals surface area contributed by atoms with Gasteiger partial charge in [0, 0.05) is 20.9 Å². The molecule has 11 heavy (non-hydrogen) atoms. The van der Waals surface area contributed by atoms with Gasteiger partial charge in [0.1, 0.15) is 5.75 Å². The van der Waals surface area contributed by atoms with Gasteiger partial charge < -0.3 is 5.11 Å². The molecule has 4 heteroatoms. The zero-order chi connectivity index (χ0) is 8.43. The molecule has 0 aliphatic rings. The van der Waals surface area contributed by atoms with Crippen molar-refractivity contribution in [3.63, 3.8) is 0 Å². The SMILES string of the molecule is Oc1cc(Cl)c(CBr)c(Cl)c1. The maximum atomic E-state index is 9.03. The molecule has 0 spiro atoms. The second-order valence-electron chi connectivity index (χ2n) is 2.02. The lowest BCUT2D eigenvalue weighted by Gasteiger charge is -2.02. The molecule has 0 saturated heterocycles. The third-order valence-electron chi connectivity index (χ3n) is 1.26. The van der Waals surface area contributed by atoms with Crippen LogP contribution < -0.4 is 0 Å². The molecule has 1 aromatic carbocycles. The molecule has 1 N–H and O–H groups in total. The Labute approximate surface area is 83.1 Å². The number of aromatic hydroxyl groups is 1. The van der Waals surface area contributed by atoms with Gasteiger partial charge in [-0.3, -0.25) is 0 Å². The summed E-state index contributed by atoms with van der Waals surface area (Å²) in [5.74, 6) is 0.0877. The summed E-state index contributed by atoms with van der Waals surface area (Å²) < 4.78 is 0. The molecular formula is C7H5BrCl2O. The predicted octanol–water partition coefficient (Wildman–Crippen LogP) is 3.59. The number of halogens is 3. The van der Waals surface area contributed by atoms with Crippen LogP contribution in [-0.4, -0.2) is 5.11 Å². The van der Waals surface area contributed by atoms with Crippen molar-refractivity contribution in [1.82, 2.24) is 0 Å². The summed E-state index contributed by atoms with van der Waals surface area (Å²) in [7, 11) is 0. The molecular weight excluding hydrogens is 251 g/mol. The fourth-order valence-electron chi connectivity index (χ4n) is 0.717. The Kier molecular flexibility index (Phi) is 3.05. The summed E-state index contributed by atoms with van der Waals surface area (Å²) in [6.45, 7) is 0. The summed E-state index contributed by atoms with van der Waals surface area (Å²) >= 11 is 14.8. The van der Waals surface area contributed by atoms with Crippen LogP contribution in [0.5, 0.6) is 5.75 Å². The Balaban J connectivity index is 3.25.